The van der Waals surface area contributed by atoms with Gasteiger partial charge < -0.3 is 18.9 Å². The van der Waals surface area contributed by atoms with E-state index < -0.39 is 5.97 Å². The van der Waals surface area contributed by atoms with Gasteiger partial charge in [0.05, 0.1) is 10.6 Å². The molecule has 3 aromatic rings. The Kier molecular flexibility index (Phi) is 4.26. The third-order valence-electron chi connectivity index (χ3n) is 5.29. The molecule has 6 nitrogen and oxygen atoms in total. The van der Waals surface area contributed by atoms with Crippen molar-refractivity contribution in [2.24, 2.45) is 4.99 Å². The van der Waals surface area contributed by atoms with Crippen LogP contribution in [0.5, 0.6) is 17.2 Å². The number of para-hydroxylation sites is 1. The molecule has 0 saturated heterocycles. The Balaban J connectivity index is 1.51. The van der Waals surface area contributed by atoms with Crippen LogP contribution in [0.15, 0.2) is 83.5 Å². The summed E-state index contributed by atoms with van der Waals surface area (Å²) in [5, 5.41) is 0.453. The number of hydrogen-bond donors (Lipinski definition) is 0. The molecular weight excluding hydrogens is 430 g/mol. The second kappa shape index (κ2) is 7.28. The van der Waals surface area contributed by atoms with Crippen LogP contribution in [0.4, 0.5) is 0 Å². The van der Waals surface area contributed by atoms with Crippen molar-refractivity contribution in [3.8, 4) is 17.2 Å². The van der Waals surface area contributed by atoms with Gasteiger partial charge in [0.15, 0.2) is 17.2 Å². The van der Waals surface area contributed by atoms with Crippen LogP contribution < -0.4 is 14.2 Å². The fraction of sp³-hybridized carbons (Fsp3) is 0.0400. The van der Waals surface area contributed by atoms with Gasteiger partial charge in [0.25, 0.3) is 0 Å². The van der Waals surface area contributed by atoms with Crippen LogP contribution in [-0.2, 0) is 9.53 Å². The summed E-state index contributed by atoms with van der Waals surface area (Å²) in [5.41, 5.74) is 2.87. The molecule has 6 rings (SSSR count). The van der Waals surface area contributed by atoms with Crippen molar-refractivity contribution in [1.29, 1.82) is 0 Å². The number of rotatable bonds is 2. The maximum Gasteiger partial charge on any atom is 0.364 e. The van der Waals surface area contributed by atoms with Crippen molar-refractivity contribution < 1.29 is 23.7 Å². The predicted molar refractivity (Wildman–Crippen MR) is 119 cm³/mol. The van der Waals surface area contributed by atoms with E-state index in [4.69, 9.17) is 30.5 Å². The Hall–Kier alpha value is -4.03. The number of carbonyl (C=O) groups is 1. The third kappa shape index (κ3) is 3.04. The molecule has 0 saturated carbocycles. The van der Waals surface area contributed by atoms with Crippen LogP contribution in [0.1, 0.15) is 16.7 Å². The van der Waals surface area contributed by atoms with Crippen molar-refractivity contribution in [2.45, 2.75) is 0 Å². The summed E-state index contributed by atoms with van der Waals surface area (Å²) in [6.07, 6.45) is 1.79. The number of nitrogens with zero attached hydrogens (tertiary/aromatic N) is 1. The highest BCUT2D eigenvalue weighted by Gasteiger charge is 2.31. The van der Waals surface area contributed by atoms with Crippen LogP contribution in [0, 0.1) is 0 Å². The minimum atomic E-state index is -0.548. The van der Waals surface area contributed by atoms with E-state index in [0.29, 0.717) is 39.2 Å². The molecule has 0 spiro atoms. The zero-order chi connectivity index (χ0) is 21.7. The summed E-state index contributed by atoms with van der Waals surface area (Å²) in [4.78, 5) is 17.3. The second-order valence-electron chi connectivity index (χ2n) is 7.22. The molecule has 3 aliphatic heterocycles. The van der Waals surface area contributed by atoms with Gasteiger partial charge >= 0.3 is 5.97 Å². The number of halogens is 1. The summed E-state index contributed by atoms with van der Waals surface area (Å²) in [6, 6.07) is 20.1. The van der Waals surface area contributed by atoms with Crippen molar-refractivity contribution in [1.82, 2.24) is 0 Å². The predicted octanol–water partition coefficient (Wildman–Crippen LogP) is 5.22. The number of fused-ring (bicyclic) bond motifs is 2. The summed E-state index contributed by atoms with van der Waals surface area (Å²) < 4.78 is 22.5. The molecule has 0 radical (unpaired) electrons. The minimum Gasteiger partial charge on any atom is -0.456 e. The fourth-order valence-corrected chi connectivity index (χ4v) is 3.97. The molecule has 0 atom stereocenters. The van der Waals surface area contributed by atoms with Gasteiger partial charge in [-0.3, -0.25) is 0 Å². The highest BCUT2D eigenvalue weighted by molar-refractivity contribution is 6.34. The van der Waals surface area contributed by atoms with Gasteiger partial charge in [-0.2, -0.15) is 0 Å². The maximum atomic E-state index is 12.8. The number of hydrogen-bond acceptors (Lipinski definition) is 6. The van der Waals surface area contributed by atoms with Gasteiger partial charge in [-0.25, -0.2) is 9.79 Å². The highest BCUT2D eigenvalue weighted by Crippen LogP contribution is 2.42. The quantitative estimate of drug-likeness (QED) is 0.401. The van der Waals surface area contributed by atoms with E-state index in [1.807, 2.05) is 48.5 Å². The van der Waals surface area contributed by atoms with E-state index in [0.717, 1.165) is 11.1 Å². The lowest BCUT2D eigenvalue weighted by atomic mass is 9.97. The second-order valence-corrected chi connectivity index (χ2v) is 7.63. The van der Waals surface area contributed by atoms with Crippen molar-refractivity contribution in [3.05, 3.63) is 100 Å². The minimum absolute atomic E-state index is 0.171. The first-order chi connectivity index (χ1) is 15.7. The lowest BCUT2D eigenvalue weighted by molar-refractivity contribution is -0.129. The third-order valence-corrected chi connectivity index (χ3v) is 5.61. The van der Waals surface area contributed by atoms with E-state index in [9.17, 15) is 4.79 Å². The average Bonchev–Trinajstić information content (AvgIpc) is 3.44. The molecule has 32 heavy (non-hydrogen) atoms. The molecule has 0 amide bonds. The molecule has 0 unspecified atom stereocenters. The fourth-order valence-electron chi connectivity index (χ4n) is 3.75. The SMILES string of the molecule is O=C1OC(c2ccccc2Cl)=NC1=C1C=C(c2ccc3c(c2)OCO3)Oc2ccccc21. The van der Waals surface area contributed by atoms with Crippen molar-refractivity contribution in [2.75, 3.05) is 6.79 Å². The first-order valence-corrected chi connectivity index (χ1v) is 10.2. The summed E-state index contributed by atoms with van der Waals surface area (Å²) >= 11 is 6.27. The number of aliphatic imine (C=N–C) groups is 1. The first-order valence-electron chi connectivity index (χ1n) is 9.86. The Morgan fingerprint density at radius 3 is 2.47 bits per heavy atom. The van der Waals surface area contributed by atoms with Gasteiger partial charge in [0.2, 0.25) is 12.7 Å². The zero-order valence-electron chi connectivity index (χ0n) is 16.5. The Labute approximate surface area is 188 Å². The molecular formula is C25H14ClNO5. The Bertz CT molecular complexity index is 1390. The zero-order valence-corrected chi connectivity index (χ0v) is 17.3. The highest BCUT2D eigenvalue weighted by atomic mass is 35.5. The Morgan fingerprint density at radius 2 is 1.59 bits per heavy atom. The molecule has 0 aromatic heterocycles. The molecule has 0 N–H and O–H groups in total. The summed E-state index contributed by atoms with van der Waals surface area (Å²) in [7, 11) is 0. The number of carbonyl (C=O) groups excluding carboxylic acids is 1. The standard InChI is InChI=1S/C25H14ClNO5/c26-18-7-3-1-6-16(18)24-27-23(25(28)32-24)17-12-21(31-19-8-4-2-5-15(17)19)14-9-10-20-22(11-14)30-13-29-20/h1-12H,13H2. The van der Waals surface area contributed by atoms with Crippen molar-refractivity contribution in [3.63, 3.8) is 0 Å². The van der Waals surface area contributed by atoms with Crippen LogP contribution in [0.3, 0.4) is 0 Å². The van der Waals surface area contributed by atoms with E-state index in [1.165, 1.54) is 0 Å². The van der Waals surface area contributed by atoms with Gasteiger partial charge in [0.1, 0.15) is 11.5 Å². The first kappa shape index (κ1) is 18.7. The van der Waals surface area contributed by atoms with Gasteiger partial charge in [-0.1, -0.05) is 41.9 Å². The number of ether oxygens (including phenoxy) is 4. The van der Waals surface area contributed by atoms with Gasteiger partial charge in [-0.05, 0) is 42.5 Å². The normalized spacial score (nSPS) is 18.5. The largest absolute Gasteiger partial charge is 0.456 e. The number of allylic oxidation sites excluding steroid dienone is 2. The van der Waals surface area contributed by atoms with Gasteiger partial charge in [0, 0.05) is 16.7 Å². The number of cyclic esters (lactones) is 1. The number of esters is 1. The average molecular weight is 444 g/mol. The van der Waals surface area contributed by atoms with Crippen LogP contribution >= 0.6 is 11.6 Å². The molecule has 0 bridgehead atoms. The van der Waals surface area contributed by atoms with E-state index in [-0.39, 0.29) is 18.4 Å². The molecule has 3 heterocycles. The Morgan fingerprint density at radius 1 is 0.812 bits per heavy atom. The molecule has 0 fully saturated rings. The lowest BCUT2D eigenvalue weighted by Crippen LogP contribution is -2.08. The smallest absolute Gasteiger partial charge is 0.364 e. The van der Waals surface area contributed by atoms with E-state index in [2.05, 4.69) is 4.99 Å². The van der Waals surface area contributed by atoms with Crippen LogP contribution in [0.2, 0.25) is 5.02 Å². The molecule has 0 aliphatic carbocycles. The maximum absolute atomic E-state index is 12.8. The lowest BCUT2D eigenvalue weighted by Gasteiger charge is -2.20. The molecule has 7 heteroatoms. The van der Waals surface area contributed by atoms with Crippen molar-refractivity contribution >= 4 is 34.8 Å². The monoisotopic (exact) mass is 443 g/mol. The summed E-state index contributed by atoms with van der Waals surface area (Å²) in [6.45, 7) is 0.183. The molecule has 3 aromatic carbocycles. The van der Waals surface area contributed by atoms with E-state index in [1.54, 1.807) is 24.3 Å². The van der Waals surface area contributed by atoms with Crippen LogP contribution in [-0.4, -0.2) is 18.7 Å². The number of benzene rings is 3. The van der Waals surface area contributed by atoms with Crippen LogP contribution in [0.25, 0.3) is 11.3 Å². The summed E-state index contributed by atoms with van der Waals surface area (Å²) in [5.74, 6) is 2.10. The van der Waals surface area contributed by atoms with E-state index >= 15 is 0 Å². The topological polar surface area (TPSA) is 66.4 Å². The molecule has 156 valence electrons. The molecule has 3 aliphatic rings. The van der Waals surface area contributed by atoms with Gasteiger partial charge in [-0.15, -0.1) is 0 Å².